The summed E-state index contributed by atoms with van der Waals surface area (Å²) in [6.45, 7) is 4.25. The van der Waals surface area contributed by atoms with Crippen LogP contribution in [0.15, 0.2) is 37.2 Å². The lowest BCUT2D eigenvalue weighted by molar-refractivity contribution is -0.107. The predicted molar refractivity (Wildman–Crippen MR) is 110 cm³/mol. The lowest BCUT2D eigenvalue weighted by Crippen LogP contribution is -2.53. The minimum Gasteiger partial charge on any atom is -0.507 e. The lowest BCUT2D eigenvalue weighted by atomic mass is 9.55. The molecule has 0 amide bonds. The first-order valence-corrected chi connectivity index (χ1v) is 10.5. The number of aromatic nitrogens is 6. The van der Waals surface area contributed by atoms with E-state index in [-0.39, 0.29) is 28.3 Å². The van der Waals surface area contributed by atoms with Gasteiger partial charge in [-0.25, -0.2) is 19.3 Å². The number of imidazole rings is 1. The highest BCUT2D eigenvalue weighted by Crippen LogP contribution is 2.56. The minimum atomic E-state index is -1.05. The molecule has 0 aromatic carbocycles. The predicted octanol–water partition coefficient (Wildman–Crippen LogP) is 3.90. The summed E-state index contributed by atoms with van der Waals surface area (Å²) in [5, 5.41) is 18.5. The molecule has 162 valence electrons. The van der Waals surface area contributed by atoms with Gasteiger partial charge in [0.05, 0.1) is 11.8 Å². The number of pyridine rings is 1. The summed E-state index contributed by atoms with van der Waals surface area (Å²) < 4.78 is 22.9. The van der Waals surface area contributed by atoms with Crippen molar-refractivity contribution in [2.75, 3.05) is 0 Å². The molecule has 5 rings (SSSR count). The Labute approximate surface area is 179 Å². The maximum absolute atomic E-state index is 15.3. The number of fused-ring (bicyclic) bond motifs is 2. The van der Waals surface area contributed by atoms with Gasteiger partial charge in [-0.05, 0) is 31.1 Å². The van der Waals surface area contributed by atoms with E-state index in [4.69, 9.17) is 4.74 Å². The van der Waals surface area contributed by atoms with Crippen LogP contribution < -0.4 is 4.74 Å². The molecular weight excluding hydrogens is 399 g/mol. The molecule has 1 N–H and O–H groups in total. The molecule has 4 atom stereocenters. The maximum Gasteiger partial charge on any atom is 0.252 e. The molecule has 0 saturated heterocycles. The van der Waals surface area contributed by atoms with Gasteiger partial charge < -0.3 is 9.84 Å². The Balaban J connectivity index is 1.34. The van der Waals surface area contributed by atoms with Crippen LogP contribution in [0.5, 0.6) is 11.6 Å². The van der Waals surface area contributed by atoms with Crippen molar-refractivity contribution in [1.82, 2.24) is 29.7 Å². The van der Waals surface area contributed by atoms with Crippen LogP contribution in [-0.2, 0) is 0 Å². The van der Waals surface area contributed by atoms with Crippen LogP contribution in [0.25, 0.3) is 17.2 Å². The van der Waals surface area contributed by atoms with E-state index < -0.39 is 12.3 Å². The smallest absolute Gasteiger partial charge is 0.252 e. The van der Waals surface area contributed by atoms with Gasteiger partial charge in [0, 0.05) is 30.1 Å². The first-order valence-electron chi connectivity index (χ1n) is 10.5. The number of halogens is 1. The summed E-state index contributed by atoms with van der Waals surface area (Å²) in [4.78, 5) is 12.5. The van der Waals surface area contributed by atoms with E-state index in [0.717, 1.165) is 25.7 Å². The zero-order valence-corrected chi connectivity index (χ0v) is 17.6. The maximum atomic E-state index is 15.3. The lowest BCUT2D eigenvalue weighted by Gasteiger charge is -2.53. The van der Waals surface area contributed by atoms with Crippen molar-refractivity contribution in [3.05, 3.63) is 37.2 Å². The third-order valence-electron chi connectivity index (χ3n) is 6.74. The van der Waals surface area contributed by atoms with Crippen LogP contribution in [0.1, 0.15) is 46.0 Å². The Bertz CT molecular complexity index is 1080. The number of aromatic hydroxyl groups is 1. The van der Waals surface area contributed by atoms with E-state index in [1.807, 2.05) is 6.92 Å². The molecule has 3 heterocycles. The van der Waals surface area contributed by atoms with Crippen LogP contribution >= 0.6 is 0 Å². The van der Waals surface area contributed by atoms with Crippen molar-refractivity contribution < 1.29 is 14.2 Å². The van der Waals surface area contributed by atoms with Gasteiger partial charge >= 0.3 is 0 Å². The molecule has 2 aliphatic carbocycles. The van der Waals surface area contributed by atoms with Crippen LogP contribution in [-0.4, -0.2) is 47.1 Å². The molecule has 3 aromatic heterocycles. The molecule has 8 nitrogen and oxygen atoms in total. The topological polar surface area (TPSA) is 98.8 Å². The van der Waals surface area contributed by atoms with Crippen LogP contribution in [0.4, 0.5) is 4.39 Å². The Morgan fingerprint density at radius 3 is 2.77 bits per heavy atom. The molecule has 2 bridgehead atoms. The SMILES string of the molecule is C[C@]12CCC[C@](C)(C1)[C@@H](F)[C@H](Oc1cnc(-c3cnc(-n4ccnc4)cc3O)nn1)C2. The van der Waals surface area contributed by atoms with Gasteiger partial charge in [-0.1, -0.05) is 20.3 Å². The summed E-state index contributed by atoms with van der Waals surface area (Å²) >= 11 is 0. The van der Waals surface area contributed by atoms with Gasteiger partial charge in [0.2, 0.25) is 0 Å². The monoisotopic (exact) mass is 424 g/mol. The number of rotatable bonds is 4. The Morgan fingerprint density at radius 1 is 1.19 bits per heavy atom. The fourth-order valence-electron chi connectivity index (χ4n) is 5.36. The quantitative estimate of drug-likeness (QED) is 0.678. The molecule has 31 heavy (non-hydrogen) atoms. The third-order valence-corrected chi connectivity index (χ3v) is 6.74. The van der Waals surface area contributed by atoms with E-state index >= 15 is 4.39 Å². The molecular formula is C22H25FN6O2. The standard InChI is InChI=1S/C22H25FN6O2/c1-21-4-3-5-22(2,12-21)19(23)16(9-21)31-18-11-26-20(28-27-18)14-10-25-17(8-15(14)30)29-7-6-24-13-29/h6-8,10-11,13,16,19H,3-5,9,12H2,1-2H3,(H,25,30)/t16-,19+,21-,22-/m1/s1. The normalized spacial score (nSPS) is 30.2. The largest absolute Gasteiger partial charge is 0.507 e. The Kier molecular flexibility index (Phi) is 4.64. The zero-order valence-electron chi connectivity index (χ0n) is 17.6. The number of alkyl halides is 1. The van der Waals surface area contributed by atoms with Gasteiger partial charge in [-0.3, -0.25) is 4.57 Å². The molecule has 9 heteroatoms. The van der Waals surface area contributed by atoms with Crippen molar-refractivity contribution in [3.8, 4) is 28.8 Å². The molecule has 0 spiro atoms. The van der Waals surface area contributed by atoms with Crippen molar-refractivity contribution in [2.24, 2.45) is 10.8 Å². The van der Waals surface area contributed by atoms with E-state index in [0.29, 0.717) is 17.8 Å². The fourth-order valence-corrected chi connectivity index (χ4v) is 5.36. The molecule has 2 fully saturated rings. The van der Waals surface area contributed by atoms with Gasteiger partial charge in [0.1, 0.15) is 30.2 Å². The summed E-state index contributed by atoms with van der Waals surface area (Å²) in [6, 6.07) is 1.50. The van der Waals surface area contributed by atoms with E-state index in [1.54, 1.807) is 23.3 Å². The van der Waals surface area contributed by atoms with Crippen LogP contribution in [0.2, 0.25) is 0 Å². The third kappa shape index (κ3) is 3.62. The highest BCUT2D eigenvalue weighted by Gasteiger charge is 2.54. The van der Waals surface area contributed by atoms with E-state index in [1.165, 1.54) is 18.5 Å². The fraction of sp³-hybridized carbons (Fsp3) is 0.500. The molecule has 2 aliphatic rings. The second-order valence-electron chi connectivity index (χ2n) is 9.41. The van der Waals surface area contributed by atoms with Crippen molar-refractivity contribution >= 4 is 0 Å². The molecule has 0 aliphatic heterocycles. The minimum absolute atomic E-state index is 0.0288. The second-order valence-corrected chi connectivity index (χ2v) is 9.41. The van der Waals surface area contributed by atoms with Crippen LogP contribution in [0.3, 0.4) is 0 Å². The zero-order chi connectivity index (χ0) is 21.6. The number of hydrogen-bond donors (Lipinski definition) is 1. The Morgan fingerprint density at radius 2 is 2.06 bits per heavy atom. The second kappa shape index (κ2) is 7.25. The van der Waals surface area contributed by atoms with E-state index in [2.05, 4.69) is 32.1 Å². The van der Waals surface area contributed by atoms with Crippen molar-refractivity contribution in [3.63, 3.8) is 0 Å². The van der Waals surface area contributed by atoms with E-state index in [9.17, 15) is 5.11 Å². The average Bonchev–Trinajstić information content (AvgIpc) is 3.27. The number of hydrogen-bond acceptors (Lipinski definition) is 7. The summed E-state index contributed by atoms with van der Waals surface area (Å²) in [6.07, 6.45) is 10.8. The summed E-state index contributed by atoms with van der Waals surface area (Å²) in [7, 11) is 0. The molecule has 3 aromatic rings. The van der Waals surface area contributed by atoms with Crippen molar-refractivity contribution in [2.45, 2.75) is 58.2 Å². The molecule has 0 radical (unpaired) electrons. The molecule has 0 unspecified atom stereocenters. The van der Waals surface area contributed by atoms with Crippen LogP contribution in [0, 0.1) is 10.8 Å². The highest BCUT2D eigenvalue weighted by atomic mass is 19.1. The summed E-state index contributed by atoms with van der Waals surface area (Å²) in [5.41, 5.74) is 0.0826. The number of nitrogens with zero attached hydrogens (tertiary/aromatic N) is 6. The molecule has 2 saturated carbocycles. The first kappa shape index (κ1) is 19.8. The van der Waals surface area contributed by atoms with Gasteiger partial charge in [0.25, 0.3) is 5.88 Å². The number of ether oxygens (including phenoxy) is 1. The van der Waals surface area contributed by atoms with Gasteiger partial charge in [0.15, 0.2) is 5.82 Å². The highest BCUT2D eigenvalue weighted by molar-refractivity contribution is 5.63. The van der Waals surface area contributed by atoms with Gasteiger partial charge in [-0.2, -0.15) is 0 Å². The average molecular weight is 424 g/mol. The first-order chi connectivity index (χ1) is 14.9. The summed E-state index contributed by atoms with van der Waals surface area (Å²) in [5.74, 6) is 0.890. The van der Waals surface area contributed by atoms with Gasteiger partial charge in [-0.15, -0.1) is 10.2 Å². The van der Waals surface area contributed by atoms with Crippen molar-refractivity contribution in [1.29, 1.82) is 0 Å². The Hall–Kier alpha value is -3.10.